The number of benzene rings is 1. The lowest BCUT2D eigenvalue weighted by Crippen LogP contribution is -2.39. The minimum Gasteiger partial charge on any atom is -0.469 e. The second-order valence-electron chi connectivity index (χ2n) is 7.48. The van der Waals surface area contributed by atoms with Gasteiger partial charge >= 0.3 is 0 Å². The molecule has 0 aliphatic carbocycles. The van der Waals surface area contributed by atoms with Gasteiger partial charge in [0, 0.05) is 38.6 Å². The van der Waals surface area contributed by atoms with Crippen molar-refractivity contribution in [2.75, 3.05) is 26.2 Å². The maximum Gasteiger partial charge on any atom is 0.191 e. The van der Waals surface area contributed by atoms with Crippen LogP contribution in [0.15, 0.2) is 52.1 Å². The molecule has 5 heteroatoms. The summed E-state index contributed by atoms with van der Waals surface area (Å²) in [5.74, 6) is 2.27. The zero-order valence-corrected chi connectivity index (χ0v) is 17.1. The number of hydrogen-bond donors (Lipinski definition) is 2. The van der Waals surface area contributed by atoms with Gasteiger partial charge in [-0.15, -0.1) is 0 Å². The highest BCUT2D eigenvalue weighted by molar-refractivity contribution is 5.79. The largest absolute Gasteiger partial charge is 0.469 e. The topological polar surface area (TPSA) is 58.8 Å². The third kappa shape index (κ3) is 6.13. The minimum absolute atomic E-state index is 0.133. The van der Waals surface area contributed by atoms with Crippen molar-refractivity contribution in [3.05, 3.63) is 59.5 Å². The number of aryl methyl sites for hydroxylation is 1. The van der Waals surface area contributed by atoms with Gasteiger partial charge in [-0.2, -0.15) is 0 Å². The lowest BCUT2D eigenvalue weighted by Gasteiger charge is -2.31. The molecule has 1 saturated heterocycles. The van der Waals surface area contributed by atoms with Crippen molar-refractivity contribution in [3.63, 3.8) is 0 Å². The average molecular weight is 384 g/mol. The fourth-order valence-corrected chi connectivity index (χ4v) is 3.54. The van der Waals surface area contributed by atoms with E-state index in [0.29, 0.717) is 5.92 Å². The first-order valence-electron chi connectivity index (χ1n) is 10.5. The molecular weight excluding hydrogens is 350 g/mol. The normalized spacial score (nSPS) is 20.1. The van der Waals surface area contributed by atoms with Crippen LogP contribution >= 0.6 is 0 Å². The second-order valence-corrected chi connectivity index (χ2v) is 7.48. The molecule has 152 valence electrons. The molecule has 2 atom stereocenters. The van der Waals surface area contributed by atoms with E-state index in [-0.39, 0.29) is 6.10 Å². The smallest absolute Gasteiger partial charge is 0.191 e. The van der Waals surface area contributed by atoms with E-state index >= 15 is 0 Å². The fourth-order valence-electron chi connectivity index (χ4n) is 3.54. The SMILES string of the molecule is CCCNC(=NCC1CCCOC1c1ccc(C)cc1)NCCc1ccco1. The molecule has 0 bridgehead atoms. The standard InChI is InChI=1S/C23H33N3O2/c1-3-13-24-23(25-14-12-21-7-5-15-27-21)26-17-20-6-4-16-28-22(20)19-10-8-18(2)9-11-19/h5,7-11,15,20,22H,3-4,6,12-14,16-17H2,1-2H3,(H2,24,25,26). The molecule has 1 aliphatic rings. The molecule has 1 aromatic carbocycles. The third-order valence-corrected chi connectivity index (χ3v) is 5.12. The molecule has 28 heavy (non-hydrogen) atoms. The molecule has 1 fully saturated rings. The Morgan fingerprint density at radius 2 is 1.96 bits per heavy atom. The first-order valence-corrected chi connectivity index (χ1v) is 10.5. The number of guanidine groups is 1. The first kappa shape index (κ1) is 20.5. The molecule has 0 radical (unpaired) electrons. The van der Waals surface area contributed by atoms with E-state index in [9.17, 15) is 0 Å². The highest BCUT2D eigenvalue weighted by Crippen LogP contribution is 2.33. The van der Waals surface area contributed by atoms with Crippen molar-refractivity contribution in [2.24, 2.45) is 10.9 Å². The van der Waals surface area contributed by atoms with Crippen LogP contribution < -0.4 is 10.6 Å². The summed E-state index contributed by atoms with van der Waals surface area (Å²) in [7, 11) is 0. The third-order valence-electron chi connectivity index (χ3n) is 5.12. The summed E-state index contributed by atoms with van der Waals surface area (Å²) in [5.41, 5.74) is 2.54. The highest BCUT2D eigenvalue weighted by atomic mass is 16.5. The van der Waals surface area contributed by atoms with Gasteiger partial charge in [0.1, 0.15) is 5.76 Å². The van der Waals surface area contributed by atoms with Crippen LogP contribution in [0.2, 0.25) is 0 Å². The number of nitrogens with zero attached hydrogens (tertiary/aromatic N) is 1. The number of ether oxygens (including phenoxy) is 1. The predicted molar refractivity (Wildman–Crippen MR) is 114 cm³/mol. The van der Waals surface area contributed by atoms with Gasteiger partial charge in [-0.3, -0.25) is 4.99 Å². The maximum atomic E-state index is 6.14. The molecule has 3 rings (SSSR count). The van der Waals surface area contributed by atoms with Crippen molar-refractivity contribution in [1.82, 2.24) is 10.6 Å². The van der Waals surface area contributed by atoms with Crippen LogP contribution in [0.3, 0.4) is 0 Å². The summed E-state index contributed by atoms with van der Waals surface area (Å²) < 4.78 is 11.5. The van der Waals surface area contributed by atoms with Gasteiger partial charge < -0.3 is 19.8 Å². The lowest BCUT2D eigenvalue weighted by atomic mass is 9.89. The van der Waals surface area contributed by atoms with E-state index in [1.807, 2.05) is 12.1 Å². The van der Waals surface area contributed by atoms with Crippen molar-refractivity contribution in [3.8, 4) is 0 Å². The summed E-state index contributed by atoms with van der Waals surface area (Å²) in [6.45, 7) is 7.59. The Balaban J connectivity index is 1.60. The van der Waals surface area contributed by atoms with E-state index in [1.165, 1.54) is 11.1 Å². The Kier molecular flexibility index (Phi) is 7.97. The molecule has 2 N–H and O–H groups in total. The second kappa shape index (κ2) is 10.9. The number of hydrogen-bond acceptors (Lipinski definition) is 3. The molecule has 5 nitrogen and oxygen atoms in total. The zero-order chi connectivity index (χ0) is 19.6. The van der Waals surface area contributed by atoms with Crippen LogP contribution in [0.25, 0.3) is 0 Å². The van der Waals surface area contributed by atoms with Gasteiger partial charge in [-0.25, -0.2) is 0 Å². The van der Waals surface area contributed by atoms with Crippen LogP contribution in [0.4, 0.5) is 0 Å². The van der Waals surface area contributed by atoms with Crippen LogP contribution in [-0.4, -0.2) is 32.2 Å². The van der Waals surface area contributed by atoms with Crippen molar-refractivity contribution in [1.29, 1.82) is 0 Å². The van der Waals surface area contributed by atoms with Gasteiger partial charge in [-0.1, -0.05) is 36.8 Å². The van der Waals surface area contributed by atoms with E-state index in [0.717, 1.165) is 63.6 Å². The number of rotatable bonds is 8. The Bertz CT molecular complexity index is 710. The molecular formula is C23H33N3O2. The maximum absolute atomic E-state index is 6.14. The summed E-state index contributed by atoms with van der Waals surface area (Å²) in [4.78, 5) is 4.88. The van der Waals surface area contributed by atoms with E-state index in [2.05, 4.69) is 48.7 Å². The minimum atomic E-state index is 0.133. The molecule has 0 amide bonds. The number of aliphatic imine (C=N–C) groups is 1. The van der Waals surface area contributed by atoms with Crippen LogP contribution in [0.5, 0.6) is 0 Å². The van der Waals surface area contributed by atoms with Gasteiger partial charge in [-0.05, 0) is 43.9 Å². The van der Waals surface area contributed by atoms with Gasteiger partial charge in [0.25, 0.3) is 0 Å². The fraction of sp³-hybridized carbons (Fsp3) is 0.522. The van der Waals surface area contributed by atoms with Crippen molar-refractivity contribution < 1.29 is 9.15 Å². The van der Waals surface area contributed by atoms with E-state index in [4.69, 9.17) is 14.1 Å². The number of furan rings is 1. The zero-order valence-electron chi connectivity index (χ0n) is 17.1. The van der Waals surface area contributed by atoms with Gasteiger partial charge in [0.15, 0.2) is 5.96 Å². The molecule has 2 unspecified atom stereocenters. The Morgan fingerprint density at radius 3 is 2.71 bits per heavy atom. The average Bonchev–Trinajstić information content (AvgIpc) is 3.24. The predicted octanol–water partition coefficient (Wildman–Crippen LogP) is 4.24. The van der Waals surface area contributed by atoms with E-state index < -0.39 is 0 Å². The Labute approximate surface area is 168 Å². The van der Waals surface area contributed by atoms with Gasteiger partial charge in [0.05, 0.1) is 12.4 Å². The molecule has 1 aliphatic heterocycles. The first-order chi connectivity index (χ1) is 13.8. The van der Waals surface area contributed by atoms with Crippen LogP contribution in [-0.2, 0) is 11.2 Å². The summed E-state index contributed by atoms with van der Waals surface area (Å²) in [5, 5.41) is 6.85. The van der Waals surface area contributed by atoms with Gasteiger partial charge in [0.2, 0.25) is 0 Å². The molecule has 1 aromatic heterocycles. The van der Waals surface area contributed by atoms with Crippen molar-refractivity contribution >= 4 is 5.96 Å². The number of nitrogens with one attached hydrogen (secondary N) is 2. The molecule has 2 heterocycles. The summed E-state index contributed by atoms with van der Waals surface area (Å²) >= 11 is 0. The molecule has 0 saturated carbocycles. The van der Waals surface area contributed by atoms with Crippen LogP contribution in [0, 0.1) is 12.8 Å². The lowest BCUT2D eigenvalue weighted by molar-refractivity contribution is -0.0250. The molecule has 0 spiro atoms. The Morgan fingerprint density at radius 1 is 1.14 bits per heavy atom. The summed E-state index contributed by atoms with van der Waals surface area (Å²) in [6.07, 6.45) is 6.01. The Hall–Kier alpha value is -2.27. The molecule has 2 aromatic rings. The quantitative estimate of drug-likeness (QED) is 0.529. The van der Waals surface area contributed by atoms with Crippen LogP contribution in [0.1, 0.15) is 49.2 Å². The summed E-state index contributed by atoms with van der Waals surface area (Å²) in [6, 6.07) is 12.6. The van der Waals surface area contributed by atoms with Crippen molar-refractivity contribution in [2.45, 2.75) is 45.6 Å². The van der Waals surface area contributed by atoms with E-state index in [1.54, 1.807) is 6.26 Å². The highest BCUT2D eigenvalue weighted by Gasteiger charge is 2.27. The monoisotopic (exact) mass is 383 g/mol.